The van der Waals surface area contributed by atoms with Gasteiger partial charge < -0.3 is 15.2 Å². The molecule has 2 fully saturated rings. The Hall–Kier alpha value is -3.17. The van der Waals surface area contributed by atoms with Crippen molar-refractivity contribution in [3.8, 4) is 0 Å². The fourth-order valence-electron chi connectivity index (χ4n) is 4.90. The minimum atomic E-state index is -0.424. The third kappa shape index (κ3) is 4.02. The summed E-state index contributed by atoms with van der Waals surface area (Å²) in [4.78, 5) is 31.6. The molecule has 1 amide bonds. The van der Waals surface area contributed by atoms with E-state index in [9.17, 15) is 9.18 Å². The van der Waals surface area contributed by atoms with Gasteiger partial charge in [-0.2, -0.15) is 0 Å². The number of H-pyrrole nitrogens is 1. The highest BCUT2D eigenvalue weighted by atomic mass is 32.1. The maximum atomic E-state index is 13.7. The van der Waals surface area contributed by atoms with Gasteiger partial charge in [-0.1, -0.05) is 12.1 Å². The van der Waals surface area contributed by atoms with E-state index in [4.69, 9.17) is 0 Å². The molecule has 2 aliphatic rings. The van der Waals surface area contributed by atoms with Crippen LogP contribution in [0.15, 0.2) is 48.0 Å². The van der Waals surface area contributed by atoms with Gasteiger partial charge in [0.05, 0.1) is 28.3 Å². The Labute approximate surface area is 194 Å². The van der Waals surface area contributed by atoms with E-state index in [1.165, 1.54) is 18.3 Å². The molecule has 0 spiro atoms. The van der Waals surface area contributed by atoms with E-state index in [0.29, 0.717) is 23.4 Å². The predicted molar refractivity (Wildman–Crippen MR) is 123 cm³/mol. The van der Waals surface area contributed by atoms with Crippen molar-refractivity contribution < 1.29 is 9.18 Å². The number of rotatable bonds is 7. The van der Waals surface area contributed by atoms with E-state index in [0.717, 1.165) is 47.9 Å². The molecule has 1 saturated carbocycles. The molecule has 3 aromatic heterocycles. The molecular formula is C24H23FN6OS. The number of aromatic amines is 1. The zero-order valence-corrected chi connectivity index (χ0v) is 18.7. The normalized spacial score (nSPS) is 21.9. The molecule has 1 aliphatic carbocycles. The summed E-state index contributed by atoms with van der Waals surface area (Å²) in [6.07, 6.45) is 2.43. The Kier molecular flexibility index (Phi) is 5.15. The lowest BCUT2D eigenvalue weighted by Gasteiger charge is -2.18. The van der Waals surface area contributed by atoms with Crippen molar-refractivity contribution in [2.75, 3.05) is 19.6 Å². The van der Waals surface area contributed by atoms with Crippen molar-refractivity contribution in [3.05, 3.63) is 76.0 Å². The summed E-state index contributed by atoms with van der Waals surface area (Å²) < 4.78 is 13.7. The van der Waals surface area contributed by atoms with Crippen LogP contribution in [0.1, 0.15) is 32.9 Å². The van der Waals surface area contributed by atoms with Gasteiger partial charge >= 0.3 is 0 Å². The molecule has 4 heterocycles. The van der Waals surface area contributed by atoms with Crippen LogP contribution in [-0.2, 0) is 13.0 Å². The number of amides is 1. The fraction of sp³-hybridized carbons (Fsp3) is 0.333. The number of carbonyl (C=O) groups excluding carboxylic acids is 1. The molecule has 1 aromatic carbocycles. The van der Waals surface area contributed by atoms with Gasteiger partial charge in [0.1, 0.15) is 17.3 Å². The van der Waals surface area contributed by atoms with Crippen LogP contribution in [0.4, 0.5) is 4.39 Å². The zero-order chi connectivity index (χ0) is 22.4. The number of piperidine rings is 1. The first kappa shape index (κ1) is 20.4. The number of nitrogens with one attached hydrogen (secondary N) is 2. The third-order valence-corrected chi connectivity index (χ3v) is 7.61. The van der Waals surface area contributed by atoms with Gasteiger partial charge in [0.25, 0.3) is 5.91 Å². The van der Waals surface area contributed by atoms with Crippen LogP contribution in [-0.4, -0.2) is 50.4 Å². The molecule has 4 aromatic rings. The Morgan fingerprint density at radius 1 is 1.18 bits per heavy atom. The molecule has 1 saturated heterocycles. The van der Waals surface area contributed by atoms with Gasteiger partial charge in [0.2, 0.25) is 0 Å². The van der Waals surface area contributed by atoms with E-state index >= 15 is 0 Å². The molecule has 6 rings (SSSR count). The van der Waals surface area contributed by atoms with Crippen molar-refractivity contribution >= 4 is 28.3 Å². The number of imidazole rings is 1. The number of carbonyl (C=O) groups is 1. The van der Waals surface area contributed by atoms with Gasteiger partial charge in [-0.05, 0) is 36.1 Å². The SMILES string of the molecule is O=C(NCc1ncccc1F)c1csc(C2C3CN(CCc4nc5ccccc5[nH]4)C[C@@H]32)n1. The Bertz CT molecular complexity index is 1270. The minimum Gasteiger partial charge on any atom is -0.345 e. The summed E-state index contributed by atoms with van der Waals surface area (Å²) in [7, 11) is 0. The Morgan fingerprint density at radius 3 is 2.85 bits per heavy atom. The van der Waals surface area contributed by atoms with E-state index in [-0.39, 0.29) is 18.1 Å². The average Bonchev–Trinajstić information content (AvgIpc) is 3.28. The smallest absolute Gasteiger partial charge is 0.271 e. The topological polar surface area (TPSA) is 86.8 Å². The van der Waals surface area contributed by atoms with Crippen LogP contribution in [0.2, 0.25) is 0 Å². The number of aromatic nitrogens is 4. The Balaban J connectivity index is 1.00. The lowest BCUT2D eigenvalue weighted by atomic mass is 10.2. The maximum absolute atomic E-state index is 13.7. The quantitative estimate of drug-likeness (QED) is 0.440. The van der Waals surface area contributed by atoms with Crippen molar-refractivity contribution in [3.63, 3.8) is 0 Å². The number of hydrogen-bond acceptors (Lipinski definition) is 6. The van der Waals surface area contributed by atoms with Gasteiger partial charge in [-0.25, -0.2) is 14.4 Å². The maximum Gasteiger partial charge on any atom is 0.271 e. The summed E-state index contributed by atoms with van der Waals surface area (Å²) in [5, 5.41) is 5.55. The van der Waals surface area contributed by atoms with E-state index in [1.54, 1.807) is 16.7 Å². The number of nitrogens with zero attached hydrogens (tertiary/aromatic N) is 4. The number of pyridine rings is 1. The molecule has 2 unspecified atom stereocenters. The van der Waals surface area contributed by atoms with Gasteiger partial charge in [0, 0.05) is 43.5 Å². The number of benzene rings is 1. The summed E-state index contributed by atoms with van der Waals surface area (Å²) in [5.74, 6) is 2.01. The standard InChI is InChI=1S/C24H23FN6OS/c25-16-4-3-8-26-19(16)10-27-23(32)20-13-33-24(30-20)22-14-11-31(12-15(14)22)9-7-21-28-17-5-1-2-6-18(17)29-21/h1-6,8,13-15,22H,7,9-12H2,(H,27,32)(H,28,29)/t14-,15?,22?/m0/s1. The second-order valence-corrected chi connectivity index (χ2v) is 9.64. The van der Waals surface area contributed by atoms with Crippen LogP contribution in [0.3, 0.4) is 0 Å². The average molecular weight is 463 g/mol. The van der Waals surface area contributed by atoms with Crippen molar-refractivity contribution in [2.24, 2.45) is 11.8 Å². The molecular weight excluding hydrogens is 439 g/mol. The second kappa shape index (κ2) is 8.31. The van der Waals surface area contributed by atoms with E-state index in [2.05, 4.69) is 36.2 Å². The molecule has 33 heavy (non-hydrogen) atoms. The Morgan fingerprint density at radius 2 is 2.03 bits per heavy atom. The highest BCUT2D eigenvalue weighted by Crippen LogP contribution is 2.58. The molecule has 168 valence electrons. The largest absolute Gasteiger partial charge is 0.345 e. The van der Waals surface area contributed by atoms with Crippen LogP contribution in [0.25, 0.3) is 11.0 Å². The molecule has 2 N–H and O–H groups in total. The number of halogens is 1. The summed E-state index contributed by atoms with van der Waals surface area (Å²) in [6.45, 7) is 3.17. The fourth-order valence-corrected chi connectivity index (χ4v) is 5.95. The summed E-state index contributed by atoms with van der Waals surface area (Å²) >= 11 is 1.55. The third-order valence-electron chi connectivity index (χ3n) is 6.66. The highest BCUT2D eigenvalue weighted by molar-refractivity contribution is 7.10. The lowest BCUT2D eigenvalue weighted by Crippen LogP contribution is -2.27. The van der Waals surface area contributed by atoms with Crippen molar-refractivity contribution in [1.82, 2.24) is 30.2 Å². The van der Waals surface area contributed by atoms with Crippen LogP contribution < -0.4 is 5.32 Å². The summed E-state index contributed by atoms with van der Waals surface area (Å²) in [6, 6.07) is 11.0. The van der Waals surface area contributed by atoms with Crippen LogP contribution in [0, 0.1) is 17.7 Å². The van der Waals surface area contributed by atoms with Gasteiger partial charge in [0.15, 0.2) is 0 Å². The number of thiazole rings is 1. The first-order chi connectivity index (χ1) is 16.2. The summed E-state index contributed by atoms with van der Waals surface area (Å²) in [5.41, 5.74) is 2.73. The zero-order valence-electron chi connectivity index (χ0n) is 17.9. The van der Waals surface area contributed by atoms with E-state index in [1.807, 2.05) is 18.2 Å². The molecule has 9 heteroatoms. The molecule has 0 radical (unpaired) electrons. The van der Waals surface area contributed by atoms with Crippen LogP contribution >= 0.6 is 11.3 Å². The molecule has 1 aliphatic heterocycles. The minimum absolute atomic E-state index is 0.0488. The first-order valence-corrected chi connectivity index (χ1v) is 12.0. The first-order valence-electron chi connectivity index (χ1n) is 11.1. The van der Waals surface area contributed by atoms with E-state index < -0.39 is 5.82 Å². The monoisotopic (exact) mass is 462 g/mol. The molecule has 3 atom stereocenters. The van der Waals surface area contributed by atoms with Gasteiger partial charge in [-0.3, -0.25) is 9.78 Å². The number of para-hydroxylation sites is 2. The highest BCUT2D eigenvalue weighted by Gasteiger charge is 2.57. The number of hydrogen-bond donors (Lipinski definition) is 2. The van der Waals surface area contributed by atoms with Crippen molar-refractivity contribution in [1.29, 1.82) is 0 Å². The predicted octanol–water partition coefficient (Wildman–Crippen LogP) is 3.37. The lowest BCUT2D eigenvalue weighted by molar-refractivity contribution is 0.0945. The van der Waals surface area contributed by atoms with Gasteiger partial charge in [-0.15, -0.1) is 11.3 Å². The van der Waals surface area contributed by atoms with Crippen LogP contribution in [0.5, 0.6) is 0 Å². The van der Waals surface area contributed by atoms with Crippen molar-refractivity contribution in [2.45, 2.75) is 18.9 Å². The molecule has 7 nitrogen and oxygen atoms in total. The second-order valence-electron chi connectivity index (χ2n) is 8.75. The number of likely N-dealkylation sites (tertiary alicyclic amines) is 1. The molecule has 0 bridgehead atoms. The number of fused-ring (bicyclic) bond motifs is 2.